The van der Waals surface area contributed by atoms with E-state index in [0.29, 0.717) is 0 Å². The number of thiazole rings is 1. The van der Waals surface area contributed by atoms with Crippen LogP contribution in [0.4, 0.5) is 0 Å². The molecule has 1 N–H and O–H groups in total. The van der Waals surface area contributed by atoms with Gasteiger partial charge in [-0.2, -0.15) is 0 Å². The first-order valence-electron chi connectivity index (χ1n) is 4.47. The van der Waals surface area contributed by atoms with E-state index in [4.69, 9.17) is 5.11 Å². The highest BCUT2D eigenvalue weighted by Crippen LogP contribution is 2.17. The van der Waals surface area contributed by atoms with Gasteiger partial charge in [-0.05, 0) is 19.9 Å². The van der Waals surface area contributed by atoms with Crippen molar-refractivity contribution in [1.82, 2.24) is 9.38 Å². The first kappa shape index (κ1) is 9.43. The van der Waals surface area contributed by atoms with Gasteiger partial charge in [0.15, 0.2) is 4.96 Å². The third-order valence-electron chi connectivity index (χ3n) is 2.02. The third-order valence-corrected chi connectivity index (χ3v) is 2.77. The van der Waals surface area contributed by atoms with Crippen LogP contribution in [0, 0.1) is 6.92 Å². The largest absolute Gasteiger partial charge is 0.389 e. The molecule has 0 amide bonds. The number of aliphatic hydroxyl groups excluding tert-OH is 1. The molecule has 2 heterocycles. The molecule has 0 aliphatic carbocycles. The summed E-state index contributed by atoms with van der Waals surface area (Å²) < 4.78 is 2.03. The molecule has 14 heavy (non-hydrogen) atoms. The summed E-state index contributed by atoms with van der Waals surface area (Å²) in [4.78, 5) is 5.39. The normalized spacial score (nSPS) is 14.2. The van der Waals surface area contributed by atoms with E-state index in [-0.39, 0.29) is 0 Å². The van der Waals surface area contributed by atoms with Crippen LogP contribution >= 0.6 is 11.3 Å². The summed E-state index contributed by atoms with van der Waals surface area (Å²) in [5, 5.41) is 11.2. The van der Waals surface area contributed by atoms with Crippen molar-refractivity contribution < 1.29 is 5.11 Å². The van der Waals surface area contributed by atoms with Crippen molar-refractivity contribution in [3.05, 3.63) is 29.0 Å². The van der Waals surface area contributed by atoms with Crippen LogP contribution in [0.25, 0.3) is 11.0 Å². The Bertz CT molecular complexity index is 467. The summed E-state index contributed by atoms with van der Waals surface area (Å²) in [6.45, 7) is 3.71. The minimum Gasteiger partial charge on any atom is -0.389 e. The second-order valence-corrected chi connectivity index (χ2v) is 4.11. The van der Waals surface area contributed by atoms with Crippen LogP contribution in [-0.2, 0) is 0 Å². The Balaban J connectivity index is 2.48. The van der Waals surface area contributed by atoms with Crippen molar-refractivity contribution in [1.29, 1.82) is 0 Å². The van der Waals surface area contributed by atoms with Crippen LogP contribution < -0.4 is 0 Å². The van der Waals surface area contributed by atoms with E-state index < -0.39 is 6.10 Å². The predicted octanol–water partition coefficient (Wildman–Crippen LogP) is 2.10. The van der Waals surface area contributed by atoms with Crippen molar-refractivity contribution >= 4 is 22.4 Å². The summed E-state index contributed by atoms with van der Waals surface area (Å²) in [5.74, 6) is 0. The average Bonchev–Trinajstić information content (AvgIpc) is 2.61. The van der Waals surface area contributed by atoms with E-state index in [1.54, 1.807) is 24.3 Å². The van der Waals surface area contributed by atoms with Crippen molar-refractivity contribution in [2.24, 2.45) is 0 Å². The topological polar surface area (TPSA) is 37.5 Å². The number of hydrogen-bond acceptors (Lipinski definition) is 3. The van der Waals surface area contributed by atoms with E-state index in [9.17, 15) is 0 Å². The molecule has 0 aliphatic heterocycles. The molecule has 2 aromatic rings. The van der Waals surface area contributed by atoms with E-state index in [1.165, 1.54) is 0 Å². The number of aromatic nitrogens is 2. The van der Waals surface area contributed by atoms with Gasteiger partial charge < -0.3 is 5.11 Å². The van der Waals surface area contributed by atoms with Crippen molar-refractivity contribution in [3.8, 4) is 0 Å². The molecule has 1 atom stereocenters. The fourth-order valence-electron chi connectivity index (χ4n) is 1.34. The molecule has 0 aliphatic rings. The van der Waals surface area contributed by atoms with Crippen molar-refractivity contribution in [2.45, 2.75) is 20.0 Å². The summed E-state index contributed by atoms with van der Waals surface area (Å²) in [5.41, 5.74) is 2.04. The quantitative estimate of drug-likeness (QED) is 0.820. The van der Waals surface area contributed by atoms with Crippen LogP contribution in [0.2, 0.25) is 0 Å². The van der Waals surface area contributed by atoms with Gasteiger partial charge in [-0.3, -0.25) is 4.40 Å². The molecular weight excluding hydrogens is 196 g/mol. The lowest BCUT2D eigenvalue weighted by Crippen LogP contribution is -1.92. The molecule has 0 saturated heterocycles. The van der Waals surface area contributed by atoms with Crippen LogP contribution in [0.15, 0.2) is 17.7 Å². The minimum atomic E-state index is -0.418. The molecule has 0 fully saturated rings. The van der Waals surface area contributed by atoms with Gasteiger partial charge in [0.25, 0.3) is 0 Å². The Morgan fingerprint density at radius 1 is 1.64 bits per heavy atom. The number of aryl methyl sites for hydroxylation is 1. The van der Waals surface area contributed by atoms with Gasteiger partial charge >= 0.3 is 0 Å². The average molecular weight is 208 g/mol. The minimum absolute atomic E-state index is 0.418. The maximum atomic E-state index is 9.15. The molecule has 0 saturated carbocycles. The zero-order valence-electron chi connectivity index (χ0n) is 8.14. The van der Waals surface area contributed by atoms with E-state index >= 15 is 0 Å². The highest BCUT2D eigenvalue weighted by Gasteiger charge is 2.05. The Hall–Kier alpha value is -1.13. The molecule has 2 rings (SSSR count). The smallest absolute Gasteiger partial charge is 0.194 e. The standard InChI is InChI=1S/C10H12N2OS/c1-7(13)3-4-9-8(2)11-10-12(9)5-6-14-10/h3-7,13H,1-2H3/b4-3+. The van der Waals surface area contributed by atoms with E-state index in [0.717, 1.165) is 16.3 Å². The van der Waals surface area contributed by atoms with Gasteiger partial charge in [0, 0.05) is 11.6 Å². The lowest BCUT2D eigenvalue weighted by molar-refractivity contribution is 0.245. The number of rotatable bonds is 2. The van der Waals surface area contributed by atoms with Gasteiger partial charge in [0.1, 0.15) is 0 Å². The van der Waals surface area contributed by atoms with Crippen LogP contribution in [0.3, 0.4) is 0 Å². The number of imidazole rings is 1. The van der Waals surface area contributed by atoms with Crippen molar-refractivity contribution in [2.75, 3.05) is 0 Å². The molecule has 4 heteroatoms. The summed E-state index contributed by atoms with van der Waals surface area (Å²) in [6, 6.07) is 0. The zero-order chi connectivity index (χ0) is 10.1. The van der Waals surface area contributed by atoms with Gasteiger partial charge in [0.2, 0.25) is 0 Å². The van der Waals surface area contributed by atoms with Gasteiger partial charge in [-0.25, -0.2) is 4.98 Å². The van der Waals surface area contributed by atoms with E-state index in [2.05, 4.69) is 4.98 Å². The molecule has 2 aromatic heterocycles. The number of aliphatic hydroxyl groups is 1. The fraction of sp³-hybridized carbons (Fsp3) is 0.300. The third kappa shape index (κ3) is 1.58. The maximum absolute atomic E-state index is 9.15. The Labute approximate surface area is 86.3 Å². The van der Waals surface area contributed by atoms with Gasteiger partial charge in [0.05, 0.1) is 17.5 Å². The highest BCUT2D eigenvalue weighted by molar-refractivity contribution is 7.15. The SMILES string of the molecule is Cc1nc2sccn2c1/C=C/C(C)O. The van der Waals surface area contributed by atoms with Gasteiger partial charge in [-0.15, -0.1) is 11.3 Å². The Kier molecular flexibility index (Phi) is 2.39. The van der Waals surface area contributed by atoms with Crippen LogP contribution in [0.5, 0.6) is 0 Å². The maximum Gasteiger partial charge on any atom is 0.194 e. The molecule has 0 spiro atoms. The molecular formula is C10H12N2OS. The highest BCUT2D eigenvalue weighted by atomic mass is 32.1. The second kappa shape index (κ2) is 3.55. The summed E-state index contributed by atoms with van der Waals surface area (Å²) >= 11 is 1.61. The molecule has 1 unspecified atom stereocenters. The Morgan fingerprint density at radius 2 is 2.43 bits per heavy atom. The first-order valence-corrected chi connectivity index (χ1v) is 5.35. The van der Waals surface area contributed by atoms with Crippen LogP contribution in [-0.4, -0.2) is 20.6 Å². The number of nitrogens with zero attached hydrogens (tertiary/aromatic N) is 2. The molecule has 0 radical (unpaired) electrons. The van der Waals surface area contributed by atoms with Gasteiger partial charge in [-0.1, -0.05) is 6.08 Å². The second-order valence-electron chi connectivity index (χ2n) is 3.24. The molecule has 74 valence electrons. The summed E-state index contributed by atoms with van der Waals surface area (Å²) in [6.07, 6.45) is 5.24. The first-order chi connectivity index (χ1) is 6.68. The molecule has 3 nitrogen and oxygen atoms in total. The molecule has 0 aromatic carbocycles. The van der Waals surface area contributed by atoms with E-state index in [1.807, 2.05) is 29.0 Å². The zero-order valence-corrected chi connectivity index (χ0v) is 8.95. The Morgan fingerprint density at radius 3 is 3.14 bits per heavy atom. The number of fused-ring (bicyclic) bond motifs is 1. The van der Waals surface area contributed by atoms with Crippen molar-refractivity contribution in [3.63, 3.8) is 0 Å². The lowest BCUT2D eigenvalue weighted by Gasteiger charge is -1.95. The molecule has 0 bridgehead atoms. The monoisotopic (exact) mass is 208 g/mol. The lowest BCUT2D eigenvalue weighted by atomic mass is 10.3. The summed E-state index contributed by atoms with van der Waals surface area (Å²) in [7, 11) is 0. The number of hydrogen-bond donors (Lipinski definition) is 1. The van der Waals surface area contributed by atoms with Crippen LogP contribution in [0.1, 0.15) is 18.3 Å². The fourth-order valence-corrected chi connectivity index (χ4v) is 2.11. The predicted molar refractivity (Wildman–Crippen MR) is 58.5 cm³/mol.